The van der Waals surface area contributed by atoms with E-state index in [1.165, 1.54) is 11.1 Å². The first-order valence-electron chi connectivity index (χ1n) is 7.72. The van der Waals surface area contributed by atoms with Crippen LogP contribution in [0.15, 0.2) is 24.3 Å². The second kappa shape index (κ2) is 7.44. The molecule has 0 saturated carbocycles. The molecular weight excluding hydrogens is 250 g/mol. The Bertz CT molecular complexity index is 444. The van der Waals surface area contributed by atoms with Crippen molar-refractivity contribution in [3.05, 3.63) is 35.4 Å². The van der Waals surface area contributed by atoms with Gasteiger partial charge < -0.3 is 5.11 Å². The number of hydrogen-bond acceptors (Lipinski definition) is 2. The summed E-state index contributed by atoms with van der Waals surface area (Å²) in [5, 5.41) is 9.27. The van der Waals surface area contributed by atoms with Crippen LogP contribution in [0.4, 0.5) is 0 Å². The molecule has 3 nitrogen and oxygen atoms in total. The third-order valence-corrected chi connectivity index (χ3v) is 4.26. The van der Waals surface area contributed by atoms with Gasteiger partial charge in [0.05, 0.1) is 5.92 Å². The second-order valence-electron chi connectivity index (χ2n) is 5.76. The lowest BCUT2D eigenvalue weighted by atomic mass is 9.96. The lowest BCUT2D eigenvalue weighted by Crippen LogP contribution is -2.33. The normalized spacial score (nSPS) is 16.6. The molecule has 0 aliphatic carbocycles. The highest BCUT2D eigenvalue weighted by Crippen LogP contribution is 2.20. The first kappa shape index (κ1) is 15.0. The number of nitrogens with zero attached hydrogens (tertiary/aromatic N) is 1. The second-order valence-corrected chi connectivity index (χ2v) is 5.76. The molecule has 1 unspecified atom stereocenters. The fourth-order valence-electron chi connectivity index (χ4n) is 2.93. The number of carboxylic acids is 1. The number of rotatable bonds is 7. The van der Waals surface area contributed by atoms with Crippen LogP contribution in [0.1, 0.15) is 43.7 Å². The number of benzene rings is 1. The lowest BCUT2D eigenvalue weighted by molar-refractivity contribution is -0.142. The van der Waals surface area contributed by atoms with Crippen molar-refractivity contribution in [1.82, 2.24) is 4.90 Å². The van der Waals surface area contributed by atoms with Gasteiger partial charge in [0, 0.05) is 13.1 Å². The first-order chi connectivity index (χ1) is 9.70. The van der Waals surface area contributed by atoms with Gasteiger partial charge in [-0.1, -0.05) is 44.0 Å². The molecule has 3 heteroatoms. The van der Waals surface area contributed by atoms with Crippen LogP contribution >= 0.6 is 0 Å². The monoisotopic (exact) mass is 275 g/mol. The largest absolute Gasteiger partial charge is 0.481 e. The van der Waals surface area contributed by atoms with E-state index in [1.54, 1.807) is 0 Å². The lowest BCUT2D eigenvalue weighted by Gasteiger charge is -2.29. The SMILES string of the molecule is CCCCC(CCN1CCc2ccccc2C1)C(=O)O. The summed E-state index contributed by atoms with van der Waals surface area (Å²) in [5.74, 6) is -0.803. The topological polar surface area (TPSA) is 40.5 Å². The van der Waals surface area contributed by atoms with Crippen molar-refractivity contribution < 1.29 is 9.90 Å². The van der Waals surface area contributed by atoms with Gasteiger partial charge in [0.2, 0.25) is 0 Å². The van der Waals surface area contributed by atoms with Crippen LogP contribution in [0.3, 0.4) is 0 Å². The maximum absolute atomic E-state index is 11.3. The summed E-state index contributed by atoms with van der Waals surface area (Å²) < 4.78 is 0. The highest BCUT2D eigenvalue weighted by molar-refractivity contribution is 5.69. The van der Waals surface area contributed by atoms with Crippen LogP contribution in [-0.4, -0.2) is 29.1 Å². The molecule has 1 heterocycles. The van der Waals surface area contributed by atoms with Crippen LogP contribution in [0.5, 0.6) is 0 Å². The molecule has 1 aromatic rings. The number of aliphatic carboxylic acids is 1. The minimum atomic E-state index is -0.629. The Labute approximate surface area is 121 Å². The Morgan fingerprint density at radius 2 is 2.05 bits per heavy atom. The van der Waals surface area contributed by atoms with Crippen LogP contribution in [-0.2, 0) is 17.8 Å². The zero-order valence-corrected chi connectivity index (χ0v) is 12.3. The molecule has 20 heavy (non-hydrogen) atoms. The highest BCUT2D eigenvalue weighted by Gasteiger charge is 2.20. The maximum atomic E-state index is 11.3. The quantitative estimate of drug-likeness (QED) is 0.830. The molecule has 1 aliphatic rings. The molecule has 0 fully saturated rings. The average Bonchev–Trinajstić information content (AvgIpc) is 2.46. The van der Waals surface area contributed by atoms with E-state index in [2.05, 4.69) is 36.1 Å². The minimum Gasteiger partial charge on any atom is -0.481 e. The Morgan fingerprint density at radius 3 is 2.75 bits per heavy atom. The zero-order valence-electron chi connectivity index (χ0n) is 12.3. The van der Waals surface area contributed by atoms with Gasteiger partial charge >= 0.3 is 5.97 Å². The summed E-state index contributed by atoms with van der Waals surface area (Å²) in [5.41, 5.74) is 2.85. The van der Waals surface area contributed by atoms with E-state index in [9.17, 15) is 9.90 Å². The molecule has 1 N–H and O–H groups in total. The first-order valence-corrected chi connectivity index (χ1v) is 7.72. The van der Waals surface area contributed by atoms with E-state index in [1.807, 2.05) is 0 Å². The summed E-state index contributed by atoms with van der Waals surface area (Å²) in [7, 11) is 0. The molecule has 1 atom stereocenters. The number of hydrogen-bond donors (Lipinski definition) is 1. The summed E-state index contributed by atoms with van der Waals surface area (Å²) in [6.45, 7) is 5.03. The number of fused-ring (bicyclic) bond motifs is 1. The van der Waals surface area contributed by atoms with Gasteiger partial charge in [0.25, 0.3) is 0 Å². The Hall–Kier alpha value is -1.35. The third-order valence-electron chi connectivity index (χ3n) is 4.26. The van der Waals surface area contributed by atoms with Gasteiger partial charge in [-0.05, 0) is 36.9 Å². The molecule has 0 radical (unpaired) electrons. The molecule has 110 valence electrons. The predicted molar refractivity (Wildman–Crippen MR) is 80.7 cm³/mol. The standard InChI is InChI=1S/C17H25NO2/c1-2-3-6-15(17(19)20)10-12-18-11-9-14-7-4-5-8-16(14)13-18/h4-5,7-8,15H,2-3,6,9-13H2,1H3,(H,19,20). The predicted octanol–water partition coefficient (Wildman–Crippen LogP) is 3.33. The zero-order chi connectivity index (χ0) is 14.4. The van der Waals surface area contributed by atoms with Gasteiger partial charge in [-0.3, -0.25) is 9.69 Å². The van der Waals surface area contributed by atoms with Gasteiger partial charge in [-0.15, -0.1) is 0 Å². The molecule has 0 saturated heterocycles. The number of unbranched alkanes of at least 4 members (excludes halogenated alkanes) is 1. The van der Waals surface area contributed by atoms with E-state index >= 15 is 0 Å². The molecular formula is C17H25NO2. The van der Waals surface area contributed by atoms with Crippen LogP contribution in [0.2, 0.25) is 0 Å². The Morgan fingerprint density at radius 1 is 1.30 bits per heavy atom. The fraction of sp³-hybridized carbons (Fsp3) is 0.588. The van der Waals surface area contributed by atoms with E-state index in [0.717, 1.165) is 51.7 Å². The van der Waals surface area contributed by atoms with Gasteiger partial charge in [-0.2, -0.15) is 0 Å². The maximum Gasteiger partial charge on any atom is 0.306 e. The van der Waals surface area contributed by atoms with Crippen molar-refractivity contribution in [3.63, 3.8) is 0 Å². The van der Waals surface area contributed by atoms with E-state index in [-0.39, 0.29) is 5.92 Å². The molecule has 1 aliphatic heterocycles. The third kappa shape index (κ3) is 4.07. The molecule has 0 aromatic heterocycles. The molecule has 2 rings (SSSR count). The van der Waals surface area contributed by atoms with Crippen LogP contribution in [0.25, 0.3) is 0 Å². The summed E-state index contributed by atoms with van der Waals surface area (Å²) in [6, 6.07) is 8.57. The molecule has 0 bridgehead atoms. The Kier molecular flexibility index (Phi) is 5.60. The molecule has 0 amide bonds. The molecule has 1 aromatic carbocycles. The van der Waals surface area contributed by atoms with Crippen molar-refractivity contribution in [3.8, 4) is 0 Å². The van der Waals surface area contributed by atoms with Gasteiger partial charge in [0.15, 0.2) is 0 Å². The van der Waals surface area contributed by atoms with Crippen molar-refractivity contribution in [2.45, 2.75) is 45.6 Å². The average molecular weight is 275 g/mol. The smallest absolute Gasteiger partial charge is 0.306 e. The molecule has 0 spiro atoms. The van der Waals surface area contributed by atoms with Crippen molar-refractivity contribution in [2.75, 3.05) is 13.1 Å². The highest BCUT2D eigenvalue weighted by atomic mass is 16.4. The Balaban J connectivity index is 1.84. The van der Waals surface area contributed by atoms with Gasteiger partial charge in [-0.25, -0.2) is 0 Å². The number of carboxylic acid groups (broad SMARTS) is 1. The van der Waals surface area contributed by atoms with Crippen molar-refractivity contribution in [1.29, 1.82) is 0 Å². The number of carbonyl (C=O) groups is 1. The van der Waals surface area contributed by atoms with Crippen LogP contribution < -0.4 is 0 Å². The summed E-state index contributed by atoms with van der Waals surface area (Å²) in [6.07, 6.45) is 4.76. The van der Waals surface area contributed by atoms with Crippen LogP contribution in [0, 0.1) is 5.92 Å². The van der Waals surface area contributed by atoms with E-state index < -0.39 is 5.97 Å². The minimum absolute atomic E-state index is 0.174. The van der Waals surface area contributed by atoms with Crippen molar-refractivity contribution >= 4 is 5.97 Å². The summed E-state index contributed by atoms with van der Waals surface area (Å²) >= 11 is 0. The van der Waals surface area contributed by atoms with E-state index in [0.29, 0.717) is 0 Å². The van der Waals surface area contributed by atoms with Crippen molar-refractivity contribution in [2.24, 2.45) is 5.92 Å². The summed E-state index contributed by atoms with van der Waals surface area (Å²) in [4.78, 5) is 13.7. The van der Waals surface area contributed by atoms with E-state index in [4.69, 9.17) is 0 Å². The van der Waals surface area contributed by atoms with Gasteiger partial charge in [0.1, 0.15) is 0 Å². The fourth-order valence-corrected chi connectivity index (χ4v) is 2.93.